The molecule has 4 heteroatoms. The summed E-state index contributed by atoms with van der Waals surface area (Å²) in [7, 11) is 0. The van der Waals surface area contributed by atoms with Crippen molar-refractivity contribution in [3.8, 4) is 0 Å². The molecule has 0 radical (unpaired) electrons. The summed E-state index contributed by atoms with van der Waals surface area (Å²) in [5, 5.41) is 4.71. The highest BCUT2D eigenvalue weighted by Crippen LogP contribution is 2.26. The molecule has 1 rings (SSSR count). The van der Waals surface area contributed by atoms with E-state index in [4.69, 9.17) is 4.98 Å². The van der Waals surface area contributed by atoms with Gasteiger partial charge in [0, 0.05) is 24.5 Å². The molecule has 0 bridgehead atoms. The van der Waals surface area contributed by atoms with Gasteiger partial charge in [-0.15, -0.1) is 11.3 Å². The van der Waals surface area contributed by atoms with Crippen LogP contribution < -0.4 is 10.2 Å². The number of nitrogens with zero attached hydrogens (tertiary/aromatic N) is 2. The van der Waals surface area contributed by atoms with Crippen molar-refractivity contribution in [1.29, 1.82) is 0 Å². The Hall–Kier alpha value is -0.610. The molecule has 1 N–H and O–H groups in total. The van der Waals surface area contributed by atoms with Crippen LogP contribution in [0.25, 0.3) is 0 Å². The number of hydrogen-bond donors (Lipinski definition) is 1. The molecule has 0 saturated heterocycles. The Labute approximate surface area is 122 Å². The Kier molecular flexibility index (Phi) is 7.39. The fourth-order valence-corrected chi connectivity index (χ4v) is 3.11. The summed E-state index contributed by atoms with van der Waals surface area (Å²) in [6.45, 7) is 15.3. The van der Waals surface area contributed by atoms with E-state index in [1.165, 1.54) is 28.5 Å². The minimum atomic E-state index is 0.698. The van der Waals surface area contributed by atoms with E-state index in [0.717, 1.165) is 26.2 Å². The molecule has 0 amide bonds. The zero-order valence-electron chi connectivity index (χ0n) is 13.1. The number of nitrogens with one attached hydrogen (secondary N) is 1. The smallest absolute Gasteiger partial charge is 0.185 e. The lowest BCUT2D eigenvalue weighted by Crippen LogP contribution is -2.24. The average Bonchev–Trinajstić information content (AvgIpc) is 2.70. The third kappa shape index (κ3) is 5.49. The Bertz CT molecular complexity index is 354. The van der Waals surface area contributed by atoms with Crippen molar-refractivity contribution < 1.29 is 0 Å². The van der Waals surface area contributed by atoms with Gasteiger partial charge < -0.3 is 10.2 Å². The van der Waals surface area contributed by atoms with Crippen LogP contribution in [0.15, 0.2) is 0 Å². The van der Waals surface area contributed by atoms with E-state index in [2.05, 4.69) is 44.8 Å². The number of aryl methyl sites for hydroxylation is 1. The summed E-state index contributed by atoms with van der Waals surface area (Å²) in [5.74, 6) is 0.698. The van der Waals surface area contributed by atoms with Crippen molar-refractivity contribution in [2.24, 2.45) is 5.92 Å². The molecule has 3 nitrogen and oxygen atoms in total. The average molecular weight is 283 g/mol. The molecule has 0 atom stereocenters. The first-order valence-corrected chi connectivity index (χ1v) is 8.32. The van der Waals surface area contributed by atoms with Gasteiger partial charge in [-0.3, -0.25) is 0 Å². The molecule has 0 aliphatic rings. The molecule has 0 unspecified atom stereocenters. The zero-order chi connectivity index (χ0) is 14.3. The van der Waals surface area contributed by atoms with Crippen LogP contribution in [0.1, 0.15) is 51.1 Å². The summed E-state index contributed by atoms with van der Waals surface area (Å²) >= 11 is 1.85. The molecule has 0 aliphatic heterocycles. The van der Waals surface area contributed by atoms with Crippen LogP contribution in [0, 0.1) is 12.8 Å². The van der Waals surface area contributed by atoms with E-state index in [0.29, 0.717) is 5.92 Å². The lowest BCUT2D eigenvalue weighted by Gasteiger charge is -2.19. The largest absolute Gasteiger partial charge is 0.348 e. The number of thiazole rings is 1. The second kappa shape index (κ2) is 8.54. The standard InChI is InChI=1S/C15H29N3S/c1-6-8-18(9-7-2)15-17-13(5)14(19-15)11-16-10-12(3)4/h12,16H,6-11H2,1-5H3. The van der Waals surface area contributed by atoms with Crippen LogP contribution in [0.2, 0.25) is 0 Å². The Balaban J connectivity index is 2.65. The number of hydrogen-bond acceptors (Lipinski definition) is 4. The third-order valence-electron chi connectivity index (χ3n) is 2.98. The summed E-state index contributed by atoms with van der Waals surface area (Å²) in [5.41, 5.74) is 1.19. The molecule has 0 saturated carbocycles. The van der Waals surface area contributed by atoms with E-state index >= 15 is 0 Å². The normalized spacial score (nSPS) is 11.3. The van der Waals surface area contributed by atoms with Crippen molar-refractivity contribution in [2.45, 2.75) is 54.0 Å². The highest BCUT2D eigenvalue weighted by molar-refractivity contribution is 7.15. The second-order valence-corrected chi connectivity index (χ2v) is 6.58. The van der Waals surface area contributed by atoms with Crippen molar-refractivity contribution >= 4 is 16.5 Å². The zero-order valence-corrected chi connectivity index (χ0v) is 13.9. The van der Waals surface area contributed by atoms with Gasteiger partial charge in [0.15, 0.2) is 5.13 Å². The third-order valence-corrected chi connectivity index (χ3v) is 4.20. The van der Waals surface area contributed by atoms with Gasteiger partial charge in [-0.1, -0.05) is 27.7 Å². The van der Waals surface area contributed by atoms with Crippen LogP contribution in [-0.4, -0.2) is 24.6 Å². The van der Waals surface area contributed by atoms with Gasteiger partial charge in [0.1, 0.15) is 0 Å². The van der Waals surface area contributed by atoms with Crippen molar-refractivity contribution in [3.63, 3.8) is 0 Å². The first kappa shape index (κ1) is 16.4. The van der Waals surface area contributed by atoms with Gasteiger partial charge >= 0.3 is 0 Å². The molecule has 0 aromatic carbocycles. The Morgan fingerprint density at radius 2 is 1.84 bits per heavy atom. The fraction of sp³-hybridized carbons (Fsp3) is 0.800. The first-order valence-electron chi connectivity index (χ1n) is 7.50. The summed E-state index contributed by atoms with van der Waals surface area (Å²) in [6, 6.07) is 0. The van der Waals surface area contributed by atoms with Crippen LogP contribution in [-0.2, 0) is 6.54 Å². The topological polar surface area (TPSA) is 28.2 Å². The Morgan fingerprint density at radius 1 is 1.21 bits per heavy atom. The van der Waals surface area contributed by atoms with Gasteiger partial charge in [-0.25, -0.2) is 4.98 Å². The minimum Gasteiger partial charge on any atom is -0.348 e. The summed E-state index contributed by atoms with van der Waals surface area (Å²) < 4.78 is 0. The number of aromatic nitrogens is 1. The number of rotatable bonds is 9. The highest BCUT2D eigenvalue weighted by atomic mass is 32.1. The maximum atomic E-state index is 4.75. The molecular formula is C15H29N3S. The summed E-state index contributed by atoms with van der Waals surface area (Å²) in [6.07, 6.45) is 2.36. The van der Waals surface area contributed by atoms with Crippen LogP contribution in [0.5, 0.6) is 0 Å². The first-order chi connectivity index (χ1) is 9.08. The molecular weight excluding hydrogens is 254 g/mol. The van der Waals surface area contributed by atoms with Gasteiger partial charge in [0.05, 0.1) is 5.69 Å². The van der Waals surface area contributed by atoms with Crippen molar-refractivity contribution in [2.75, 3.05) is 24.5 Å². The maximum Gasteiger partial charge on any atom is 0.185 e. The fourth-order valence-electron chi connectivity index (χ4n) is 2.03. The Morgan fingerprint density at radius 3 is 2.37 bits per heavy atom. The second-order valence-electron chi connectivity index (χ2n) is 5.52. The van der Waals surface area contributed by atoms with E-state index < -0.39 is 0 Å². The molecule has 1 aromatic heterocycles. The lowest BCUT2D eigenvalue weighted by atomic mass is 10.2. The molecule has 0 fully saturated rings. The van der Waals surface area contributed by atoms with Crippen molar-refractivity contribution in [1.82, 2.24) is 10.3 Å². The van der Waals surface area contributed by atoms with Gasteiger partial charge in [-0.2, -0.15) is 0 Å². The van der Waals surface area contributed by atoms with E-state index in [1.807, 2.05) is 11.3 Å². The lowest BCUT2D eigenvalue weighted by molar-refractivity contribution is 0.554. The molecule has 1 aromatic rings. The predicted octanol–water partition coefficient (Wildman–Crippen LogP) is 3.82. The molecule has 0 spiro atoms. The maximum absolute atomic E-state index is 4.75. The predicted molar refractivity (Wildman–Crippen MR) is 86.2 cm³/mol. The molecule has 110 valence electrons. The van der Waals surface area contributed by atoms with E-state index in [9.17, 15) is 0 Å². The molecule has 1 heterocycles. The molecule has 0 aliphatic carbocycles. The SMILES string of the molecule is CCCN(CCC)c1nc(C)c(CNCC(C)C)s1. The van der Waals surface area contributed by atoms with E-state index in [-0.39, 0.29) is 0 Å². The quantitative estimate of drug-likeness (QED) is 0.746. The van der Waals surface area contributed by atoms with Crippen molar-refractivity contribution in [3.05, 3.63) is 10.6 Å². The summed E-state index contributed by atoms with van der Waals surface area (Å²) in [4.78, 5) is 8.55. The van der Waals surface area contributed by atoms with E-state index in [1.54, 1.807) is 0 Å². The van der Waals surface area contributed by atoms with Gasteiger partial charge in [-0.05, 0) is 32.2 Å². The van der Waals surface area contributed by atoms with Crippen LogP contribution >= 0.6 is 11.3 Å². The van der Waals surface area contributed by atoms with Crippen LogP contribution in [0.4, 0.5) is 5.13 Å². The van der Waals surface area contributed by atoms with Gasteiger partial charge in [0.25, 0.3) is 0 Å². The minimum absolute atomic E-state index is 0.698. The highest BCUT2D eigenvalue weighted by Gasteiger charge is 2.12. The molecule has 19 heavy (non-hydrogen) atoms. The monoisotopic (exact) mass is 283 g/mol. The van der Waals surface area contributed by atoms with Gasteiger partial charge in [0.2, 0.25) is 0 Å². The van der Waals surface area contributed by atoms with Crippen LogP contribution in [0.3, 0.4) is 0 Å². The number of anilines is 1.